The van der Waals surface area contributed by atoms with Crippen LogP contribution in [0.15, 0.2) is 78.0 Å². The number of ether oxygens (including phenoxy) is 2. The lowest BCUT2D eigenvalue weighted by Crippen LogP contribution is -2.31. The molecule has 0 spiro atoms. The van der Waals surface area contributed by atoms with E-state index in [1.165, 1.54) is 51.9 Å². The molecule has 1 N–H and O–H groups in total. The third-order valence-corrected chi connectivity index (χ3v) is 7.10. The van der Waals surface area contributed by atoms with E-state index in [-0.39, 0.29) is 22.6 Å². The fraction of sp³-hybridized carbons (Fsp3) is 0.167. The summed E-state index contributed by atoms with van der Waals surface area (Å²) in [6.45, 7) is 2.22. The van der Waals surface area contributed by atoms with E-state index in [1.54, 1.807) is 43.5 Å². The molecule has 0 bridgehead atoms. The molecule has 2 heterocycles. The van der Waals surface area contributed by atoms with Gasteiger partial charge >= 0.3 is 12.4 Å². The van der Waals surface area contributed by atoms with E-state index in [0.717, 1.165) is 16.7 Å². The number of thioether (sulfide) groups is 1. The van der Waals surface area contributed by atoms with E-state index in [0.29, 0.717) is 29.5 Å². The molecule has 3 amide bonds. The SMILES string of the molecule is COCc1ccc(C)cc1N1C(=O)CSC1=NC(=O)Nc1ccc(/C=C/c2ncn(-c3ccc(OC(F)(F)F)cc3)n2)cc1. The summed E-state index contributed by atoms with van der Waals surface area (Å²) in [5, 5.41) is 7.31. The van der Waals surface area contributed by atoms with Gasteiger partial charge in [-0.25, -0.2) is 14.5 Å². The number of benzene rings is 3. The van der Waals surface area contributed by atoms with Crippen LogP contribution in [0.5, 0.6) is 5.75 Å². The summed E-state index contributed by atoms with van der Waals surface area (Å²) < 4.78 is 47.7. The van der Waals surface area contributed by atoms with Crippen LogP contribution in [0, 0.1) is 6.92 Å². The van der Waals surface area contributed by atoms with Crippen molar-refractivity contribution in [2.24, 2.45) is 4.99 Å². The molecule has 1 aromatic heterocycles. The number of aryl methyl sites for hydroxylation is 1. The van der Waals surface area contributed by atoms with Crippen LogP contribution in [0.25, 0.3) is 17.8 Å². The fourth-order valence-corrected chi connectivity index (χ4v) is 5.06. The number of aromatic nitrogens is 3. The van der Waals surface area contributed by atoms with Crippen LogP contribution >= 0.6 is 11.8 Å². The van der Waals surface area contributed by atoms with Crippen LogP contribution < -0.4 is 15.0 Å². The van der Waals surface area contributed by atoms with Gasteiger partial charge in [0.2, 0.25) is 5.91 Å². The van der Waals surface area contributed by atoms with E-state index in [2.05, 4.69) is 25.1 Å². The molecular weight excluding hydrogens is 597 g/mol. The van der Waals surface area contributed by atoms with E-state index in [1.807, 2.05) is 25.1 Å². The number of amidine groups is 1. The van der Waals surface area contributed by atoms with Gasteiger partial charge in [-0.2, -0.15) is 4.99 Å². The van der Waals surface area contributed by atoms with Crippen molar-refractivity contribution in [3.63, 3.8) is 0 Å². The average Bonchev–Trinajstić information content (AvgIpc) is 3.60. The van der Waals surface area contributed by atoms with Gasteiger partial charge in [-0.05, 0) is 66.6 Å². The smallest absolute Gasteiger partial charge is 0.406 e. The summed E-state index contributed by atoms with van der Waals surface area (Å²) in [5.41, 5.74) is 4.22. The van der Waals surface area contributed by atoms with Gasteiger partial charge in [-0.15, -0.1) is 18.3 Å². The van der Waals surface area contributed by atoms with Crippen molar-refractivity contribution in [1.29, 1.82) is 0 Å². The van der Waals surface area contributed by atoms with Gasteiger partial charge in [0.15, 0.2) is 11.0 Å². The number of rotatable bonds is 8. The first kappa shape index (κ1) is 30.5. The highest BCUT2D eigenvalue weighted by atomic mass is 32.2. The molecule has 0 aliphatic carbocycles. The Kier molecular flexibility index (Phi) is 9.11. The number of anilines is 2. The van der Waals surface area contributed by atoms with Crippen molar-refractivity contribution >= 4 is 52.4 Å². The molecule has 226 valence electrons. The number of nitrogens with one attached hydrogen (secondary N) is 1. The molecule has 3 aromatic carbocycles. The molecule has 0 radical (unpaired) electrons. The second-order valence-electron chi connectivity index (χ2n) is 9.45. The van der Waals surface area contributed by atoms with Gasteiger partial charge < -0.3 is 14.8 Å². The molecule has 10 nitrogen and oxygen atoms in total. The number of hydrogen-bond acceptors (Lipinski definition) is 7. The minimum absolute atomic E-state index is 0.170. The predicted molar refractivity (Wildman–Crippen MR) is 162 cm³/mol. The van der Waals surface area contributed by atoms with Crippen LogP contribution in [0.4, 0.5) is 29.3 Å². The van der Waals surface area contributed by atoms with Crippen molar-refractivity contribution in [1.82, 2.24) is 14.8 Å². The first-order valence-electron chi connectivity index (χ1n) is 13.1. The predicted octanol–water partition coefficient (Wildman–Crippen LogP) is 6.46. The van der Waals surface area contributed by atoms with Crippen molar-refractivity contribution < 1.29 is 32.2 Å². The molecule has 4 aromatic rings. The minimum Gasteiger partial charge on any atom is -0.406 e. The topological polar surface area (TPSA) is 111 Å². The third-order valence-electron chi connectivity index (χ3n) is 6.18. The number of alkyl halides is 3. The molecule has 5 rings (SSSR count). The van der Waals surface area contributed by atoms with Crippen LogP contribution in [0.1, 0.15) is 22.5 Å². The minimum atomic E-state index is -4.76. The lowest BCUT2D eigenvalue weighted by atomic mass is 10.1. The van der Waals surface area contributed by atoms with Gasteiger partial charge in [0.1, 0.15) is 12.1 Å². The number of nitrogens with zero attached hydrogens (tertiary/aromatic N) is 5. The van der Waals surface area contributed by atoms with E-state index in [9.17, 15) is 22.8 Å². The Morgan fingerprint density at radius 3 is 2.55 bits per heavy atom. The Labute approximate surface area is 254 Å². The number of carbonyl (C=O) groups excluding carboxylic acids is 2. The Morgan fingerprint density at radius 2 is 1.84 bits per heavy atom. The Bertz CT molecular complexity index is 1720. The van der Waals surface area contributed by atoms with Crippen LogP contribution in [-0.4, -0.2) is 51.1 Å². The number of hydrogen-bond donors (Lipinski definition) is 1. The normalized spacial score (nSPS) is 14.5. The van der Waals surface area contributed by atoms with Crippen LogP contribution in [0.2, 0.25) is 0 Å². The summed E-state index contributed by atoms with van der Waals surface area (Å²) in [6, 6.07) is 17.3. The first-order chi connectivity index (χ1) is 21.1. The quantitative estimate of drug-likeness (QED) is 0.240. The maximum absolute atomic E-state index is 12.8. The maximum atomic E-state index is 12.8. The van der Waals surface area contributed by atoms with Gasteiger partial charge in [0.05, 0.1) is 23.7 Å². The van der Waals surface area contributed by atoms with E-state index < -0.39 is 12.4 Å². The van der Waals surface area contributed by atoms with E-state index >= 15 is 0 Å². The van der Waals surface area contributed by atoms with Crippen molar-refractivity contribution in [3.8, 4) is 11.4 Å². The summed E-state index contributed by atoms with van der Waals surface area (Å²) in [6.07, 6.45) is 0.112. The summed E-state index contributed by atoms with van der Waals surface area (Å²) in [4.78, 5) is 35.3. The molecule has 14 heteroatoms. The molecule has 0 atom stereocenters. The molecule has 0 saturated carbocycles. The lowest BCUT2D eigenvalue weighted by Gasteiger charge is -2.20. The number of carbonyl (C=O) groups is 2. The molecule has 1 fully saturated rings. The number of aliphatic imine (C=N–C) groups is 1. The van der Waals surface area contributed by atoms with Crippen molar-refractivity contribution in [2.45, 2.75) is 19.9 Å². The van der Waals surface area contributed by atoms with Gasteiger partial charge in [-0.1, -0.05) is 42.1 Å². The summed E-state index contributed by atoms with van der Waals surface area (Å²) >= 11 is 1.19. The standard InChI is InChI=1S/C30H25F3N6O4S/c1-19-3-7-21(16-42-2)25(15-19)39-27(40)17-44-29(39)36-28(41)35-22-8-4-20(5-9-22)6-14-26-34-18-38(37-26)23-10-12-24(13-11-23)43-30(31,32)33/h3-15,18H,16-17H2,1-2H3,(H,35,41)/b14-6+,36-29?. The second-order valence-corrected chi connectivity index (χ2v) is 10.4. The van der Waals surface area contributed by atoms with Crippen LogP contribution in [-0.2, 0) is 16.1 Å². The fourth-order valence-electron chi connectivity index (χ4n) is 4.21. The highest BCUT2D eigenvalue weighted by Crippen LogP contribution is 2.31. The monoisotopic (exact) mass is 622 g/mol. The number of urea groups is 1. The molecule has 1 aliphatic heterocycles. The number of halogens is 3. The van der Waals surface area contributed by atoms with Gasteiger partial charge in [0, 0.05) is 18.4 Å². The summed E-state index contributed by atoms with van der Waals surface area (Å²) in [7, 11) is 1.57. The lowest BCUT2D eigenvalue weighted by molar-refractivity contribution is -0.274. The molecule has 1 saturated heterocycles. The Balaban J connectivity index is 1.21. The van der Waals surface area contributed by atoms with Crippen LogP contribution in [0.3, 0.4) is 0 Å². The van der Waals surface area contributed by atoms with Gasteiger partial charge in [0.25, 0.3) is 0 Å². The number of amides is 3. The molecule has 1 aliphatic rings. The second kappa shape index (κ2) is 13.1. The maximum Gasteiger partial charge on any atom is 0.573 e. The Morgan fingerprint density at radius 1 is 1.09 bits per heavy atom. The average molecular weight is 623 g/mol. The zero-order chi connectivity index (χ0) is 31.3. The van der Waals surface area contributed by atoms with E-state index in [4.69, 9.17) is 4.74 Å². The highest BCUT2D eigenvalue weighted by molar-refractivity contribution is 8.15. The molecule has 44 heavy (non-hydrogen) atoms. The van der Waals surface area contributed by atoms with Crippen molar-refractivity contribution in [3.05, 3.63) is 95.6 Å². The highest BCUT2D eigenvalue weighted by Gasteiger charge is 2.32. The largest absolute Gasteiger partial charge is 0.573 e. The zero-order valence-electron chi connectivity index (χ0n) is 23.4. The van der Waals surface area contributed by atoms with Crippen molar-refractivity contribution in [2.75, 3.05) is 23.1 Å². The number of methoxy groups -OCH3 is 1. The molecule has 0 unspecified atom stereocenters. The zero-order valence-corrected chi connectivity index (χ0v) is 24.2. The third kappa shape index (κ3) is 7.71. The van der Waals surface area contributed by atoms with Gasteiger partial charge in [-0.3, -0.25) is 9.69 Å². The Hall–Kier alpha value is -4.95. The first-order valence-corrected chi connectivity index (χ1v) is 14.1. The molecular formula is C30H25F3N6O4S. The summed E-state index contributed by atoms with van der Waals surface area (Å²) in [5.74, 6) is 0.0450.